The Labute approximate surface area is 104 Å². The molecular formula is C13H21NO2S. The standard InChI is InChI=1S/C13H21NO2S/c1-13(2,3)11-7-6-8-12(9-11)14(4)10-17(5,15)16/h6-9H,10H2,1-5H3. The second-order valence-corrected chi connectivity index (χ2v) is 7.66. The Morgan fingerprint density at radius 2 is 1.82 bits per heavy atom. The quantitative estimate of drug-likeness (QED) is 0.832. The van der Waals surface area contributed by atoms with Gasteiger partial charge in [0.1, 0.15) is 5.88 Å². The molecule has 0 heterocycles. The molecule has 17 heavy (non-hydrogen) atoms. The highest BCUT2D eigenvalue weighted by Crippen LogP contribution is 2.25. The van der Waals surface area contributed by atoms with Gasteiger partial charge in [0.2, 0.25) is 0 Å². The summed E-state index contributed by atoms with van der Waals surface area (Å²) in [6.07, 6.45) is 1.25. The van der Waals surface area contributed by atoms with Crippen molar-refractivity contribution in [2.45, 2.75) is 26.2 Å². The van der Waals surface area contributed by atoms with Gasteiger partial charge in [-0.2, -0.15) is 0 Å². The van der Waals surface area contributed by atoms with Crippen LogP contribution in [0.4, 0.5) is 5.69 Å². The maximum absolute atomic E-state index is 11.3. The molecule has 1 aromatic carbocycles. The summed E-state index contributed by atoms with van der Waals surface area (Å²) in [4.78, 5) is 1.75. The fraction of sp³-hybridized carbons (Fsp3) is 0.538. The molecule has 96 valence electrons. The predicted molar refractivity (Wildman–Crippen MR) is 73.3 cm³/mol. The number of anilines is 1. The van der Waals surface area contributed by atoms with Gasteiger partial charge in [0.15, 0.2) is 9.84 Å². The van der Waals surface area contributed by atoms with E-state index in [1.807, 2.05) is 18.2 Å². The monoisotopic (exact) mass is 255 g/mol. The van der Waals surface area contributed by atoms with E-state index in [0.29, 0.717) is 0 Å². The minimum absolute atomic E-state index is 0.0423. The van der Waals surface area contributed by atoms with E-state index in [1.165, 1.54) is 11.8 Å². The molecule has 0 spiro atoms. The lowest BCUT2D eigenvalue weighted by atomic mass is 9.87. The molecule has 0 saturated carbocycles. The molecule has 0 aliphatic rings. The van der Waals surface area contributed by atoms with E-state index in [0.717, 1.165) is 5.69 Å². The smallest absolute Gasteiger partial charge is 0.165 e. The van der Waals surface area contributed by atoms with Crippen molar-refractivity contribution in [3.63, 3.8) is 0 Å². The SMILES string of the molecule is CN(CS(C)(=O)=O)c1cccc(C(C)(C)C)c1. The normalized spacial score (nSPS) is 12.5. The van der Waals surface area contributed by atoms with Gasteiger partial charge in [-0.15, -0.1) is 0 Å². The zero-order valence-electron chi connectivity index (χ0n) is 11.2. The van der Waals surface area contributed by atoms with E-state index in [9.17, 15) is 8.42 Å². The summed E-state index contributed by atoms with van der Waals surface area (Å²) < 4.78 is 22.5. The molecule has 1 aromatic rings. The lowest BCUT2D eigenvalue weighted by Crippen LogP contribution is -2.25. The lowest BCUT2D eigenvalue weighted by molar-refractivity contribution is 0.590. The maximum Gasteiger partial charge on any atom is 0.165 e. The summed E-state index contributed by atoms with van der Waals surface area (Å²) in [6.45, 7) is 6.42. The van der Waals surface area contributed by atoms with Gasteiger partial charge < -0.3 is 4.90 Å². The van der Waals surface area contributed by atoms with Crippen LogP contribution in [0.25, 0.3) is 0 Å². The molecule has 0 atom stereocenters. The highest BCUT2D eigenvalue weighted by atomic mass is 32.2. The first-order valence-corrected chi connectivity index (χ1v) is 7.65. The first-order valence-electron chi connectivity index (χ1n) is 5.59. The van der Waals surface area contributed by atoms with Gasteiger partial charge in [-0.05, 0) is 23.1 Å². The van der Waals surface area contributed by atoms with E-state index in [2.05, 4.69) is 26.8 Å². The number of benzene rings is 1. The Bertz CT molecular complexity index is 486. The van der Waals surface area contributed by atoms with Gasteiger partial charge in [0.25, 0.3) is 0 Å². The zero-order valence-corrected chi connectivity index (χ0v) is 12.0. The van der Waals surface area contributed by atoms with Gasteiger partial charge >= 0.3 is 0 Å². The molecule has 0 aromatic heterocycles. The molecule has 0 saturated heterocycles. The van der Waals surface area contributed by atoms with Crippen LogP contribution in [0.2, 0.25) is 0 Å². The number of hydrogen-bond acceptors (Lipinski definition) is 3. The molecule has 0 aliphatic heterocycles. The Morgan fingerprint density at radius 1 is 1.24 bits per heavy atom. The van der Waals surface area contributed by atoms with E-state index in [4.69, 9.17) is 0 Å². The summed E-state index contributed by atoms with van der Waals surface area (Å²) in [7, 11) is -1.20. The molecule has 0 unspecified atom stereocenters. The lowest BCUT2D eigenvalue weighted by Gasteiger charge is -2.23. The van der Waals surface area contributed by atoms with Crippen LogP contribution in [-0.4, -0.2) is 27.6 Å². The Kier molecular flexibility index (Phi) is 3.87. The van der Waals surface area contributed by atoms with Crippen molar-refractivity contribution in [3.05, 3.63) is 29.8 Å². The average Bonchev–Trinajstić information content (AvgIpc) is 2.14. The number of rotatable bonds is 3. The minimum atomic E-state index is -2.99. The Morgan fingerprint density at radius 3 is 2.29 bits per heavy atom. The summed E-state index contributed by atoms with van der Waals surface area (Å²) in [5.74, 6) is 0.0423. The van der Waals surface area contributed by atoms with E-state index >= 15 is 0 Å². The van der Waals surface area contributed by atoms with Crippen molar-refractivity contribution in [1.29, 1.82) is 0 Å². The van der Waals surface area contributed by atoms with Crippen LogP contribution in [-0.2, 0) is 15.3 Å². The fourth-order valence-corrected chi connectivity index (χ4v) is 2.49. The van der Waals surface area contributed by atoms with Gasteiger partial charge in [-0.25, -0.2) is 8.42 Å². The minimum Gasteiger partial charge on any atom is -0.361 e. The largest absolute Gasteiger partial charge is 0.361 e. The van der Waals surface area contributed by atoms with Crippen LogP contribution in [0.1, 0.15) is 26.3 Å². The van der Waals surface area contributed by atoms with Crippen LogP contribution in [0.15, 0.2) is 24.3 Å². The third-order valence-electron chi connectivity index (χ3n) is 2.58. The van der Waals surface area contributed by atoms with Gasteiger partial charge in [0, 0.05) is 19.0 Å². The third kappa shape index (κ3) is 4.38. The van der Waals surface area contributed by atoms with Crippen molar-refractivity contribution in [2.75, 3.05) is 24.1 Å². The van der Waals surface area contributed by atoms with Gasteiger partial charge in [-0.1, -0.05) is 32.9 Å². The van der Waals surface area contributed by atoms with Gasteiger partial charge in [0.05, 0.1) is 0 Å². The first kappa shape index (κ1) is 14.0. The maximum atomic E-state index is 11.3. The second-order valence-electron chi connectivity index (χ2n) is 5.55. The van der Waals surface area contributed by atoms with Crippen molar-refractivity contribution in [3.8, 4) is 0 Å². The molecule has 1 rings (SSSR count). The molecule has 3 nitrogen and oxygen atoms in total. The number of hydrogen-bond donors (Lipinski definition) is 0. The third-order valence-corrected chi connectivity index (χ3v) is 3.44. The topological polar surface area (TPSA) is 37.4 Å². The Hall–Kier alpha value is -1.03. The van der Waals surface area contributed by atoms with Crippen molar-refractivity contribution in [1.82, 2.24) is 0 Å². The van der Waals surface area contributed by atoms with Crippen LogP contribution in [0.5, 0.6) is 0 Å². The molecule has 0 aliphatic carbocycles. The molecule has 0 radical (unpaired) electrons. The van der Waals surface area contributed by atoms with Crippen LogP contribution in [0.3, 0.4) is 0 Å². The molecule has 0 N–H and O–H groups in total. The van der Waals surface area contributed by atoms with Crippen LogP contribution >= 0.6 is 0 Å². The average molecular weight is 255 g/mol. The number of sulfone groups is 1. The molecule has 4 heteroatoms. The Balaban J connectivity index is 3.00. The molecule has 0 amide bonds. The van der Waals surface area contributed by atoms with E-state index in [1.54, 1.807) is 11.9 Å². The summed E-state index contributed by atoms with van der Waals surface area (Å²) >= 11 is 0. The molecular weight excluding hydrogens is 234 g/mol. The van der Waals surface area contributed by atoms with Crippen LogP contribution in [0, 0.1) is 0 Å². The summed E-state index contributed by atoms with van der Waals surface area (Å²) in [5.41, 5.74) is 2.21. The predicted octanol–water partition coefficient (Wildman–Crippen LogP) is 2.42. The summed E-state index contributed by atoms with van der Waals surface area (Å²) in [6, 6.07) is 8.01. The second kappa shape index (κ2) is 4.69. The highest BCUT2D eigenvalue weighted by molar-refractivity contribution is 7.90. The first-order chi connectivity index (χ1) is 7.59. The van der Waals surface area contributed by atoms with Gasteiger partial charge in [-0.3, -0.25) is 0 Å². The molecule has 0 bridgehead atoms. The number of nitrogens with zero attached hydrogens (tertiary/aromatic N) is 1. The van der Waals surface area contributed by atoms with Crippen molar-refractivity contribution < 1.29 is 8.42 Å². The van der Waals surface area contributed by atoms with Crippen molar-refractivity contribution in [2.24, 2.45) is 0 Å². The highest BCUT2D eigenvalue weighted by Gasteiger charge is 2.15. The van der Waals surface area contributed by atoms with E-state index in [-0.39, 0.29) is 11.3 Å². The van der Waals surface area contributed by atoms with Crippen molar-refractivity contribution >= 4 is 15.5 Å². The van der Waals surface area contributed by atoms with E-state index < -0.39 is 9.84 Å². The molecule has 0 fully saturated rings. The van der Waals surface area contributed by atoms with Crippen LogP contribution < -0.4 is 4.90 Å². The fourth-order valence-electron chi connectivity index (χ4n) is 1.64. The summed E-state index contributed by atoms with van der Waals surface area (Å²) in [5, 5.41) is 0. The zero-order chi connectivity index (χ0) is 13.3.